The molecule has 3 aromatic rings. The third-order valence-electron chi connectivity index (χ3n) is 4.30. The summed E-state index contributed by atoms with van der Waals surface area (Å²) in [6.07, 6.45) is 1.93. The second-order valence-electron chi connectivity index (χ2n) is 6.10. The summed E-state index contributed by atoms with van der Waals surface area (Å²) in [4.78, 5) is 31.4. The molecule has 0 aliphatic heterocycles. The number of nitro groups is 1. The molecule has 0 aliphatic rings. The van der Waals surface area contributed by atoms with E-state index in [4.69, 9.17) is 0 Å². The van der Waals surface area contributed by atoms with Crippen molar-refractivity contribution < 1.29 is 14.8 Å². The third kappa shape index (κ3) is 3.88. The number of nitrogens with zero attached hydrogens (tertiary/aromatic N) is 5. The van der Waals surface area contributed by atoms with Crippen LogP contribution in [0.2, 0.25) is 0 Å². The van der Waals surface area contributed by atoms with Crippen LogP contribution >= 0.6 is 11.8 Å². The number of aromatic hydroxyl groups is 1. The molecule has 3 rings (SSSR count). The van der Waals surface area contributed by atoms with Gasteiger partial charge < -0.3 is 10.4 Å². The first kappa shape index (κ1) is 19.5. The number of phenolic OH excluding ortho intramolecular Hbond substituents is 1. The predicted octanol–water partition coefficient (Wildman–Crippen LogP) is 1.94. The fourth-order valence-electron chi connectivity index (χ4n) is 2.78. The Kier molecular flexibility index (Phi) is 5.45. The Hall–Kier alpha value is -3.21. The quantitative estimate of drug-likeness (QED) is 0.363. The average molecular weight is 402 g/mol. The number of aryl methyl sites for hydroxylation is 2. The number of hydrogen-bond acceptors (Lipinski definition) is 8. The molecule has 0 atom stereocenters. The molecular weight excluding hydrogens is 384 g/mol. The molecule has 1 aromatic carbocycles. The largest absolute Gasteiger partial charge is 0.508 e. The monoisotopic (exact) mass is 402 g/mol. The number of fused-ring (bicyclic) bond motifs is 1. The predicted molar refractivity (Wildman–Crippen MR) is 102 cm³/mol. The Morgan fingerprint density at radius 2 is 2.11 bits per heavy atom. The lowest BCUT2D eigenvalue weighted by Crippen LogP contribution is -2.26. The van der Waals surface area contributed by atoms with Crippen LogP contribution in [-0.2, 0) is 17.8 Å². The summed E-state index contributed by atoms with van der Waals surface area (Å²) in [6.45, 7) is 3.62. The van der Waals surface area contributed by atoms with Gasteiger partial charge in [-0.25, -0.2) is 9.50 Å². The van der Waals surface area contributed by atoms with E-state index in [1.807, 2.05) is 13.2 Å². The highest BCUT2D eigenvalue weighted by atomic mass is 32.2. The van der Waals surface area contributed by atoms with Gasteiger partial charge in [0.15, 0.2) is 0 Å². The Morgan fingerprint density at radius 3 is 2.79 bits per heavy atom. The van der Waals surface area contributed by atoms with E-state index in [-0.39, 0.29) is 35.9 Å². The van der Waals surface area contributed by atoms with Gasteiger partial charge in [0.2, 0.25) is 11.1 Å². The van der Waals surface area contributed by atoms with Crippen LogP contribution in [0.4, 0.5) is 5.69 Å². The summed E-state index contributed by atoms with van der Waals surface area (Å²) < 4.78 is 1.60. The van der Waals surface area contributed by atoms with Gasteiger partial charge in [-0.05, 0) is 26.2 Å². The molecule has 0 unspecified atom stereocenters. The summed E-state index contributed by atoms with van der Waals surface area (Å²) in [6, 6.07) is 3.67. The van der Waals surface area contributed by atoms with E-state index in [1.165, 1.54) is 30.0 Å². The molecule has 11 heteroatoms. The van der Waals surface area contributed by atoms with Gasteiger partial charge in [0, 0.05) is 41.2 Å². The summed E-state index contributed by atoms with van der Waals surface area (Å²) >= 11 is 1.41. The number of hydrogen-bond donors (Lipinski definition) is 2. The summed E-state index contributed by atoms with van der Waals surface area (Å²) in [5.41, 5.74) is 2.29. The Morgan fingerprint density at radius 1 is 1.36 bits per heavy atom. The van der Waals surface area contributed by atoms with Gasteiger partial charge in [-0.1, -0.05) is 11.8 Å². The van der Waals surface area contributed by atoms with Crippen LogP contribution in [0.5, 0.6) is 5.75 Å². The van der Waals surface area contributed by atoms with Crippen LogP contribution in [0.3, 0.4) is 0 Å². The van der Waals surface area contributed by atoms with Crippen molar-refractivity contribution in [3.63, 3.8) is 0 Å². The highest BCUT2D eigenvalue weighted by molar-refractivity contribution is 7.98. The highest BCUT2D eigenvalue weighted by Crippen LogP contribution is 2.23. The van der Waals surface area contributed by atoms with E-state index < -0.39 is 4.92 Å². The number of nitrogens with one attached hydrogen (secondary N) is 1. The maximum atomic E-state index is 12.4. The molecule has 146 valence electrons. The number of benzene rings is 1. The lowest BCUT2D eigenvalue weighted by atomic mass is 10.1. The first-order valence-corrected chi connectivity index (χ1v) is 9.52. The molecule has 0 spiro atoms. The maximum Gasteiger partial charge on any atom is 0.270 e. The minimum atomic E-state index is -0.556. The van der Waals surface area contributed by atoms with Crippen molar-refractivity contribution in [2.75, 3.05) is 6.26 Å². The average Bonchev–Trinajstić information content (AvgIpc) is 3.07. The zero-order valence-corrected chi connectivity index (χ0v) is 16.3. The molecule has 2 heterocycles. The highest BCUT2D eigenvalue weighted by Gasteiger charge is 2.17. The maximum absolute atomic E-state index is 12.4. The second kappa shape index (κ2) is 7.80. The zero-order chi connectivity index (χ0) is 20.4. The van der Waals surface area contributed by atoms with Crippen molar-refractivity contribution in [1.29, 1.82) is 0 Å². The first-order valence-electron chi connectivity index (χ1n) is 8.30. The molecule has 0 bridgehead atoms. The van der Waals surface area contributed by atoms with E-state index in [0.29, 0.717) is 16.6 Å². The van der Waals surface area contributed by atoms with Gasteiger partial charge >= 0.3 is 0 Å². The number of rotatable bonds is 6. The normalized spacial score (nSPS) is 11.0. The van der Waals surface area contributed by atoms with Crippen molar-refractivity contribution >= 4 is 29.1 Å². The summed E-state index contributed by atoms with van der Waals surface area (Å²) in [5.74, 6) is 0.0574. The zero-order valence-electron chi connectivity index (χ0n) is 15.5. The van der Waals surface area contributed by atoms with Crippen LogP contribution in [0.25, 0.3) is 5.78 Å². The van der Waals surface area contributed by atoms with E-state index in [9.17, 15) is 20.0 Å². The SMILES string of the molecule is CSc1nc2nc(C)c(CC(=O)NCc3cc([N+](=O)[O-])ccc3O)c(C)n2n1. The van der Waals surface area contributed by atoms with Crippen LogP contribution in [0.15, 0.2) is 23.4 Å². The van der Waals surface area contributed by atoms with Gasteiger partial charge in [-0.3, -0.25) is 14.9 Å². The smallest absolute Gasteiger partial charge is 0.270 e. The Balaban J connectivity index is 1.77. The number of aromatic nitrogens is 4. The minimum Gasteiger partial charge on any atom is -0.508 e. The van der Waals surface area contributed by atoms with Crippen LogP contribution < -0.4 is 5.32 Å². The van der Waals surface area contributed by atoms with Crippen LogP contribution in [0, 0.1) is 24.0 Å². The number of carbonyl (C=O) groups is 1. The van der Waals surface area contributed by atoms with Crippen molar-refractivity contribution in [3.05, 3.63) is 50.8 Å². The van der Waals surface area contributed by atoms with E-state index in [1.54, 1.807) is 11.4 Å². The number of carbonyl (C=O) groups excluding carboxylic acids is 1. The minimum absolute atomic E-state index is 0.0277. The molecule has 10 nitrogen and oxygen atoms in total. The van der Waals surface area contributed by atoms with Crippen molar-refractivity contribution in [3.8, 4) is 5.75 Å². The Bertz CT molecular complexity index is 1080. The van der Waals surface area contributed by atoms with Crippen LogP contribution in [-0.4, -0.2) is 41.8 Å². The molecule has 0 saturated heterocycles. The fourth-order valence-corrected chi connectivity index (χ4v) is 3.11. The molecule has 0 aliphatic carbocycles. The second-order valence-corrected chi connectivity index (χ2v) is 6.87. The van der Waals surface area contributed by atoms with E-state index in [2.05, 4.69) is 20.4 Å². The lowest BCUT2D eigenvalue weighted by molar-refractivity contribution is -0.384. The Labute approximate surface area is 164 Å². The molecule has 28 heavy (non-hydrogen) atoms. The van der Waals surface area contributed by atoms with Gasteiger partial charge in [-0.15, -0.1) is 5.10 Å². The molecule has 1 amide bonds. The number of amides is 1. The third-order valence-corrected chi connectivity index (χ3v) is 4.84. The molecule has 2 N–H and O–H groups in total. The van der Waals surface area contributed by atoms with Gasteiger partial charge in [0.25, 0.3) is 11.5 Å². The van der Waals surface area contributed by atoms with Crippen molar-refractivity contribution in [1.82, 2.24) is 24.9 Å². The fraction of sp³-hybridized carbons (Fsp3) is 0.294. The van der Waals surface area contributed by atoms with E-state index in [0.717, 1.165) is 11.3 Å². The van der Waals surface area contributed by atoms with Gasteiger partial charge in [0.05, 0.1) is 11.3 Å². The molecule has 0 fully saturated rings. The molecule has 0 saturated carbocycles. The number of non-ortho nitro benzene ring substituents is 1. The first-order chi connectivity index (χ1) is 13.3. The van der Waals surface area contributed by atoms with Gasteiger partial charge in [-0.2, -0.15) is 4.98 Å². The van der Waals surface area contributed by atoms with Crippen molar-refractivity contribution in [2.24, 2.45) is 0 Å². The molecule has 2 aromatic heterocycles. The number of thioether (sulfide) groups is 1. The van der Waals surface area contributed by atoms with Gasteiger partial charge in [0.1, 0.15) is 5.75 Å². The van der Waals surface area contributed by atoms with Crippen molar-refractivity contribution in [2.45, 2.75) is 32.0 Å². The van der Waals surface area contributed by atoms with Crippen LogP contribution in [0.1, 0.15) is 22.5 Å². The van der Waals surface area contributed by atoms with E-state index >= 15 is 0 Å². The summed E-state index contributed by atoms with van der Waals surface area (Å²) in [7, 11) is 0. The number of nitro benzene ring substituents is 1. The summed E-state index contributed by atoms with van der Waals surface area (Å²) in [5, 5.41) is 28.3. The topological polar surface area (TPSA) is 136 Å². The molecule has 0 radical (unpaired) electrons. The number of phenols is 1. The lowest BCUT2D eigenvalue weighted by Gasteiger charge is -2.11. The molecular formula is C17H18N6O4S. The standard InChI is InChI=1S/C17H18N6O4S/c1-9-13(10(2)22-16(19-9)20-17(21-22)28-3)7-15(25)18-8-11-6-12(23(26)27)4-5-14(11)24/h4-6,24H,7-8H2,1-3H3,(H,18,25).